The first-order valence-corrected chi connectivity index (χ1v) is 7.03. The SMILES string of the molecule is CCCCN(CCNc1ccccc1F)C1CC1. The minimum Gasteiger partial charge on any atom is -0.381 e. The van der Waals surface area contributed by atoms with Crippen molar-refractivity contribution in [1.82, 2.24) is 4.90 Å². The van der Waals surface area contributed by atoms with Gasteiger partial charge in [0, 0.05) is 19.1 Å². The Bertz CT molecular complexity index is 363. The van der Waals surface area contributed by atoms with Gasteiger partial charge in [-0.1, -0.05) is 25.5 Å². The Morgan fingerprint density at radius 2 is 2.06 bits per heavy atom. The van der Waals surface area contributed by atoms with Crippen molar-refractivity contribution in [3.05, 3.63) is 30.1 Å². The third-order valence-corrected chi connectivity index (χ3v) is 3.45. The van der Waals surface area contributed by atoms with E-state index < -0.39 is 0 Å². The van der Waals surface area contributed by atoms with Gasteiger partial charge < -0.3 is 5.32 Å². The molecule has 100 valence electrons. The molecule has 0 heterocycles. The number of nitrogens with one attached hydrogen (secondary N) is 1. The van der Waals surface area contributed by atoms with Gasteiger partial charge in [0.05, 0.1) is 5.69 Å². The van der Waals surface area contributed by atoms with Crippen LogP contribution in [0.5, 0.6) is 0 Å². The smallest absolute Gasteiger partial charge is 0.146 e. The van der Waals surface area contributed by atoms with E-state index in [1.54, 1.807) is 12.1 Å². The van der Waals surface area contributed by atoms with Crippen LogP contribution in [0.15, 0.2) is 24.3 Å². The number of hydrogen-bond donors (Lipinski definition) is 1. The van der Waals surface area contributed by atoms with E-state index >= 15 is 0 Å². The Morgan fingerprint density at radius 3 is 2.72 bits per heavy atom. The first-order valence-electron chi connectivity index (χ1n) is 7.03. The first-order chi connectivity index (χ1) is 8.81. The molecular weight excluding hydrogens is 227 g/mol. The highest BCUT2D eigenvalue weighted by molar-refractivity contribution is 5.44. The maximum atomic E-state index is 13.4. The second kappa shape index (κ2) is 6.74. The van der Waals surface area contributed by atoms with Crippen LogP contribution in [0.3, 0.4) is 0 Å². The lowest BCUT2D eigenvalue weighted by atomic mass is 10.3. The number of anilines is 1. The predicted octanol–water partition coefficient (Wildman–Crippen LogP) is 3.50. The molecule has 1 saturated carbocycles. The maximum absolute atomic E-state index is 13.4. The largest absolute Gasteiger partial charge is 0.381 e. The van der Waals surface area contributed by atoms with Crippen LogP contribution in [0, 0.1) is 5.82 Å². The number of unbranched alkanes of at least 4 members (excludes halogenated alkanes) is 1. The van der Waals surface area contributed by atoms with E-state index in [0.717, 1.165) is 19.1 Å². The molecule has 1 aliphatic carbocycles. The van der Waals surface area contributed by atoms with Crippen LogP contribution in [0.2, 0.25) is 0 Å². The molecule has 3 heteroatoms. The molecule has 1 aromatic rings. The highest BCUT2D eigenvalue weighted by atomic mass is 19.1. The molecule has 1 N–H and O–H groups in total. The van der Waals surface area contributed by atoms with E-state index in [0.29, 0.717) is 5.69 Å². The van der Waals surface area contributed by atoms with Crippen LogP contribution in [-0.2, 0) is 0 Å². The van der Waals surface area contributed by atoms with Gasteiger partial charge in [-0.15, -0.1) is 0 Å². The molecule has 2 nitrogen and oxygen atoms in total. The molecule has 0 spiro atoms. The monoisotopic (exact) mass is 250 g/mol. The number of nitrogens with zero attached hydrogens (tertiary/aromatic N) is 1. The molecule has 0 atom stereocenters. The third-order valence-electron chi connectivity index (χ3n) is 3.45. The summed E-state index contributed by atoms with van der Waals surface area (Å²) in [5.74, 6) is -0.163. The van der Waals surface area contributed by atoms with Crippen molar-refractivity contribution in [3.8, 4) is 0 Å². The first kappa shape index (κ1) is 13.3. The number of para-hydroxylation sites is 1. The molecule has 1 fully saturated rings. The summed E-state index contributed by atoms with van der Waals surface area (Å²) >= 11 is 0. The lowest BCUT2D eigenvalue weighted by Crippen LogP contribution is -2.32. The van der Waals surface area contributed by atoms with E-state index in [1.807, 2.05) is 6.07 Å². The van der Waals surface area contributed by atoms with Gasteiger partial charge >= 0.3 is 0 Å². The summed E-state index contributed by atoms with van der Waals surface area (Å²) in [4.78, 5) is 2.54. The summed E-state index contributed by atoms with van der Waals surface area (Å²) in [5.41, 5.74) is 0.615. The molecule has 0 aliphatic heterocycles. The van der Waals surface area contributed by atoms with Crippen molar-refractivity contribution < 1.29 is 4.39 Å². The average molecular weight is 250 g/mol. The number of halogens is 1. The van der Waals surface area contributed by atoms with Crippen LogP contribution in [0.1, 0.15) is 32.6 Å². The highest BCUT2D eigenvalue weighted by Crippen LogP contribution is 2.26. The van der Waals surface area contributed by atoms with E-state index in [4.69, 9.17) is 0 Å². The molecule has 0 radical (unpaired) electrons. The van der Waals surface area contributed by atoms with E-state index in [1.165, 1.54) is 38.3 Å². The molecular formula is C15H23FN2. The van der Waals surface area contributed by atoms with Gasteiger partial charge in [-0.25, -0.2) is 4.39 Å². The summed E-state index contributed by atoms with van der Waals surface area (Å²) in [6.45, 7) is 5.24. The van der Waals surface area contributed by atoms with Crippen LogP contribution in [-0.4, -0.2) is 30.6 Å². The zero-order valence-corrected chi connectivity index (χ0v) is 11.2. The van der Waals surface area contributed by atoms with Gasteiger partial charge in [-0.3, -0.25) is 4.90 Å². The number of benzene rings is 1. The van der Waals surface area contributed by atoms with Gasteiger partial charge in [-0.05, 0) is 37.9 Å². The van der Waals surface area contributed by atoms with Crippen molar-refractivity contribution in [3.63, 3.8) is 0 Å². The molecule has 1 aliphatic rings. The van der Waals surface area contributed by atoms with Crippen molar-refractivity contribution in [1.29, 1.82) is 0 Å². The maximum Gasteiger partial charge on any atom is 0.146 e. The third kappa shape index (κ3) is 3.98. The van der Waals surface area contributed by atoms with Gasteiger partial charge in [0.1, 0.15) is 5.82 Å². The number of hydrogen-bond acceptors (Lipinski definition) is 2. The summed E-state index contributed by atoms with van der Waals surface area (Å²) in [7, 11) is 0. The van der Waals surface area contributed by atoms with Crippen molar-refractivity contribution >= 4 is 5.69 Å². The fourth-order valence-electron chi connectivity index (χ4n) is 2.22. The Hall–Kier alpha value is -1.09. The minimum absolute atomic E-state index is 0.163. The zero-order chi connectivity index (χ0) is 12.8. The highest BCUT2D eigenvalue weighted by Gasteiger charge is 2.27. The van der Waals surface area contributed by atoms with Gasteiger partial charge in [0.2, 0.25) is 0 Å². The lowest BCUT2D eigenvalue weighted by molar-refractivity contribution is 0.269. The Kier molecular flexibility index (Phi) is 5.00. The van der Waals surface area contributed by atoms with Crippen LogP contribution >= 0.6 is 0 Å². The van der Waals surface area contributed by atoms with Gasteiger partial charge in [-0.2, -0.15) is 0 Å². The van der Waals surface area contributed by atoms with Crippen molar-refractivity contribution in [2.75, 3.05) is 25.0 Å². The van der Waals surface area contributed by atoms with E-state index in [2.05, 4.69) is 17.1 Å². The van der Waals surface area contributed by atoms with Crippen molar-refractivity contribution in [2.24, 2.45) is 0 Å². The fraction of sp³-hybridized carbons (Fsp3) is 0.600. The van der Waals surface area contributed by atoms with E-state index in [9.17, 15) is 4.39 Å². The van der Waals surface area contributed by atoms with Gasteiger partial charge in [0.15, 0.2) is 0 Å². The van der Waals surface area contributed by atoms with Crippen LogP contribution in [0.4, 0.5) is 10.1 Å². The Balaban J connectivity index is 1.74. The number of rotatable bonds is 8. The average Bonchev–Trinajstić information content (AvgIpc) is 3.20. The second-order valence-corrected chi connectivity index (χ2v) is 5.03. The second-order valence-electron chi connectivity index (χ2n) is 5.03. The fourth-order valence-corrected chi connectivity index (χ4v) is 2.22. The molecule has 0 saturated heterocycles. The molecule has 0 aromatic heterocycles. The molecule has 2 rings (SSSR count). The molecule has 0 bridgehead atoms. The predicted molar refractivity (Wildman–Crippen MR) is 74.4 cm³/mol. The van der Waals surface area contributed by atoms with Crippen molar-refractivity contribution in [2.45, 2.75) is 38.6 Å². The topological polar surface area (TPSA) is 15.3 Å². The summed E-state index contributed by atoms with van der Waals surface area (Å²) < 4.78 is 13.4. The Labute approximate surface area is 109 Å². The van der Waals surface area contributed by atoms with E-state index in [-0.39, 0.29) is 5.82 Å². The standard InChI is InChI=1S/C15H23FN2/c1-2-3-11-18(13-8-9-13)12-10-17-15-7-5-4-6-14(15)16/h4-7,13,17H,2-3,8-12H2,1H3. The molecule has 1 aromatic carbocycles. The Morgan fingerprint density at radius 1 is 1.28 bits per heavy atom. The molecule has 0 amide bonds. The summed E-state index contributed by atoms with van der Waals surface area (Å²) in [6, 6.07) is 7.67. The van der Waals surface area contributed by atoms with Gasteiger partial charge in [0.25, 0.3) is 0 Å². The molecule has 18 heavy (non-hydrogen) atoms. The quantitative estimate of drug-likeness (QED) is 0.759. The normalized spacial score (nSPS) is 15.1. The summed E-state index contributed by atoms with van der Waals surface area (Å²) in [5, 5.41) is 3.19. The van der Waals surface area contributed by atoms with Crippen LogP contribution < -0.4 is 5.32 Å². The lowest BCUT2D eigenvalue weighted by Gasteiger charge is -2.22. The minimum atomic E-state index is -0.163. The van der Waals surface area contributed by atoms with Crippen LogP contribution in [0.25, 0.3) is 0 Å². The summed E-state index contributed by atoms with van der Waals surface area (Å²) in [6.07, 6.45) is 5.17. The zero-order valence-electron chi connectivity index (χ0n) is 11.2. The molecule has 0 unspecified atom stereocenters.